The maximum atomic E-state index is 11.6. The molecule has 6 heteroatoms. The molecule has 0 N–H and O–H groups in total. The maximum absolute atomic E-state index is 11.6. The van der Waals surface area contributed by atoms with Crippen LogP contribution in [0.4, 0.5) is 0 Å². The first-order valence-electron chi connectivity index (χ1n) is 5.96. The molecule has 5 nitrogen and oxygen atoms in total. The first-order valence-corrected chi connectivity index (χ1v) is 6.34. The quantitative estimate of drug-likeness (QED) is 0.743. The lowest BCUT2D eigenvalue weighted by Crippen LogP contribution is -2.18. The Balaban J connectivity index is 1.88. The molecule has 1 aromatic carbocycles. The van der Waals surface area contributed by atoms with Gasteiger partial charge in [0.25, 0.3) is 11.4 Å². The normalized spacial score (nSPS) is 10.7. The summed E-state index contributed by atoms with van der Waals surface area (Å²) in [5, 5.41) is 4.47. The lowest BCUT2D eigenvalue weighted by molar-refractivity contribution is 0.420. The van der Waals surface area contributed by atoms with Crippen LogP contribution in [-0.2, 0) is 6.54 Å². The molecular weight excluding hydrogens is 278 g/mol. The molecule has 0 saturated carbocycles. The Morgan fingerprint density at radius 1 is 1.20 bits per heavy atom. The maximum Gasteiger partial charge on any atom is 0.258 e. The minimum atomic E-state index is -0.110. The van der Waals surface area contributed by atoms with Gasteiger partial charge in [-0.1, -0.05) is 28.9 Å². The molecule has 0 aliphatic rings. The molecule has 0 amide bonds. The minimum absolute atomic E-state index is 0.110. The molecule has 3 aromatic rings. The van der Waals surface area contributed by atoms with Crippen molar-refractivity contribution in [2.75, 3.05) is 0 Å². The third kappa shape index (κ3) is 2.62. The fraction of sp³-hybridized carbons (Fsp3) is 0.0714. The highest BCUT2D eigenvalue weighted by Crippen LogP contribution is 2.20. The molecule has 0 atom stereocenters. The molecule has 0 unspecified atom stereocenters. The van der Waals surface area contributed by atoms with Crippen LogP contribution in [0.1, 0.15) is 5.82 Å². The highest BCUT2D eigenvalue weighted by atomic mass is 35.5. The van der Waals surface area contributed by atoms with E-state index in [1.54, 1.807) is 30.5 Å². The summed E-state index contributed by atoms with van der Waals surface area (Å²) in [7, 11) is 0. The topological polar surface area (TPSA) is 60.9 Å². The summed E-state index contributed by atoms with van der Waals surface area (Å²) < 4.78 is 6.69. The number of benzene rings is 1. The van der Waals surface area contributed by atoms with Crippen LogP contribution in [0.15, 0.2) is 58.0 Å². The Morgan fingerprint density at radius 3 is 2.90 bits per heavy atom. The number of hydrogen-bond donors (Lipinski definition) is 0. The standard InChI is InChI=1S/C14H10ClN3O2/c15-11-5-3-4-10(8-11)14-16-12(17-20-14)9-18-7-2-1-6-13(18)19/h1-8H,9H2. The number of rotatable bonds is 3. The van der Waals surface area contributed by atoms with Gasteiger partial charge in [-0.25, -0.2) is 0 Å². The summed E-state index contributed by atoms with van der Waals surface area (Å²) in [6, 6.07) is 12.1. The third-order valence-corrected chi connectivity index (χ3v) is 2.99. The summed E-state index contributed by atoms with van der Waals surface area (Å²) in [6.45, 7) is 0.268. The number of pyridine rings is 1. The summed E-state index contributed by atoms with van der Waals surface area (Å²) in [4.78, 5) is 15.9. The molecule has 0 radical (unpaired) electrons. The molecule has 0 fully saturated rings. The molecule has 0 aliphatic carbocycles. The lowest BCUT2D eigenvalue weighted by atomic mass is 10.2. The van der Waals surface area contributed by atoms with Crippen molar-refractivity contribution in [3.05, 3.63) is 69.9 Å². The highest BCUT2D eigenvalue weighted by molar-refractivity contribution is 6.30. The van der Waals surface area contributed by atoms with E-state index in [4.69, 9.17) is 16.1 Å². The molecule has 3 rings (SSSR count). The summed E-state index contributed by atoms with van der Waals surface area (Å²) >= 11 is 5.92. The number of nitrogens with zero attached hydrogens (tertiary/aromatic N) is 3. The van der Waals surface area contributed by atoms with Crippen molar-refractivity contribution in [2.24, 2.45) is 0 Å². The van der Waals surface area contributed by atoms with Crippen molar-refractivity contribution in [3.8, 4) is 11.5 Å². The van der Waals surface area contributed by atoms with E-state index in [9.17, 15) is 4.79 Å². The van der Waals surface area contributed by atoms with Crippen LogP contribution in [0.3, 0.4) is 0 Å². The van der Waals surface area contributed by atoms with Crippen molar-refractivity contribution >= 4 is 11.6 Å². The third-order valence-electron chi connectivity index (χ3n) is 2.75. The zero-order valence-electron chi connectivity index (χ0n) is 10.4. The Labute approximate surface area is 119 Å². The monoisotopic (exact) mass is 287 g/mol. The Hall–Kier alpha value is -2.40. The summed E-state index contributed by atoms with van der Waals surface area (Å²) in [5.74, 6) is 0.819. The van der Waals surface area contributed by atoms with Crippen LogP contribution in [0.2, 0.25) is 5.02 Å². The molecule has 20 heavy (non-hydrogen) atoms. The average molecular weight is 288 g/mol. The predicted molar refractivity (Wildman–Crippen MR) is 74.5 cm³/mol. The van der Waals surface area contributed by atoms with Gasteiger partial charge in [-0.15, -0.1) is 0 Å². The predicted octanol–water partition coefficient (Wildman–Crippen LogP) is 2.60. The molecule has 0 saturated heterocycles. The van der Waals surface area contributed by atoms with Crippen LogP contribution >= 0.6 is 11.6 Å². The van der Waals surface area contributed by atoms with Gasteiger partial charge in [0.2, 0.25) is 0 Å². The number of hydrogen-bond acceptors (Lipinski definition) is 4. The molecule has 0 bridgehead atoms. The van der Waals surface area contributed by atoms with Crippen LogP contribution in [-0.4, -0.2) is 14.7 Å². The molecule has 2 aromatic heterocycles. The van der Waals surface area contributed by atoms with Gasteiger partial charge < -0.3 is 9.09 Å². The highest BCUT2D eigenvalue weighted by Gasteiger charge is 2.09. The molecule has 100 valence electrons. The summed E-state index contributed by atoms with van der Waals surface area (Å²) in [5.41, 5.74) is 0.637. The Kier molecular flexibility index (Phi) is 3.35. The molecule has 0 aliphatic heterocycles. The summed E-state index contributed by atoms with van der Waals surface area (Å²) in [6.07, 6.45) is 1.68. The Morgan fingerprint density at radius 2 is 2.10 bits per heavy atom. The first kappa shape index (κ1) is 12.6. The van der Waals surface area contributed by atoms with E-state index in [-0.39, 0.29) is 12.1 Å². The second-order valence-corrected chi connectivity index (χ2v) is 4.63. The number of aromatic nitrogens is 3. The molecule has 2 heterocycles. The first-order chi connectivity index (χ1) is 9.72. The van der Waals surface area contributed by atoms with Crippen LogP contribution in [0.25, 0.3) is 11.5 Å². The second kappa shape index (κ2) is 5.30. The van der Waals surface area contributed by atoms with Crippen molar-refractivity contribution in [2.45, 2.75) is 6.54 Å². The van der Waals surface area contributed by atoms with Crippen LogP contribution < -0.4 is 5.56 Å². The lowest BCUT2D eigenvalue weighted by Gasteiger charge is -1.99. The van der Waals surface area contributed by atoms with E-state index in [1.807, 2.05) is 12.1 Å². The van der Waals surface area contributed by atoms with Gasteiger partial charge in [-0.3, -0.25) is 4.79 Å². The van der Waals surface area contributed by atoms with E-state index >= 15 is 0 Å². The van der Waals surface area contributed by atoms with E-state index in [2.05, 4.69) is 10.1 Å². The van der Waals surface area contributed by atoms with Crippen molar-refractivity contribution < 1.29 is 4.52 Å². The van der Waals surface area contributed by atoms with Crippen molar-refractivity contribution in [3.63, 3.8) is 0 Å². The number of halogens is 1. The van der Waals surface area contributed by atoms with Crippen LogP contribution in [0, 0.1) is 0 Å². The van der Waals surface area contributed by atoms with Crippen molar-refractivity contribution in [1.82, 2.24) is 14.7 Å². The van der Waals surface area contributed by atoms with Gasteiger partial charge in [0.1, 0.15) is 0 Å². The van der Waals surface area contributed by atoms with Gasteiger partial charge in [0, 0.05) is 22.8 Å². The van der Waals surface area contributed by atoms with Gasteiger partial charge in [0.05, 0.1) is 6.54 Å². The van der Waals surface area contributed by atoms with Gasteiger partial charge in [0.15, 0.2) is 5.82 Å². The fourth-order valence-corrected chi connectivity index (χ4v) is 1.99. The smallest absolute Gasteiger partial charge is 0.258 e. The van der Waals surface area contributed by atoms with E-state index in [0.717, 1.165) is 5.56 Å². The Bertz CT molecular complexity index is 795. The van der Waals surface area contributed by atoms with E-state index < -0.39 is 0 Å². The van der Waals surface area contributed by atoms with Gasteiger partial charge in [-0.2, -0.15) is 4.98 Å². The minimum Gasteiger partial charge on any atom is -0.334 e. The van der Waals surface area contributed by atoms with Gasteiger partial charge in [-0.05, 0) is 24.3 Å². The largest absolute Gasteiger partial charge is 0.334 e. The van der Waals surface area contributed by atoms with E-state index in [1.165, 1.54) is 10.6 Å². The SMILES string of the molecule is O=c1ccccn1Cc1noc(-c2cccc(Cl)c2)n1. The van der Waals surface area contributed by atoms with Crippen LogP contribution in [0.5, 0.6) is 0 Å². The fourth-order valence-electron chi connectivity index (χ4n) is 1.80. The zero-order valence-corrected chi connectivity index (χ0v) is 11.1. The zero-order chi connectivity index (χ0) is 13.9. The second-order valence-electron chi connectivity index (χ2n) is 4.19. The molecular formula is C14H10ClN3O2. The van der Waals surface area contributed by atoms with Crippen molar-refractivity contribution in [1.29, 1.82) is 0 Å². The van der Waals surface area contributed by atoms with Gasteiger partial charge >= 0.3 is 0 Å². The van der Waals surface area contributed by atoms with E-state index in [0.29, 0.717) is 16.7 Å². The average Bonchev–Trinajstić information content (AvgIpc) is 2.90. The molecule has 0 spiro atoms.